The average Bonchev–Trinajstić information content (AvgIpc) is 2.91. The molecular weight excluding hydrogens is 270 g/mol. The van der Waals surface area contributed by atoms with Gasteiger partial charge in [-0.3, -0.25) is 10.1 Å². The quantitative estimate of drug-likeness (QED) is 0.597. The number of ether oxygens (including phenoxy) is 1. The van der Waals surface area contributed by atoms with Crippen LogP contribution in [0.4, 0.5) is 11.4 Å². The molecule has 1 unspecified atom stereocenters. The van der Waals surface area contributed by atoms with Crippen molar-refractivity contribution in [2.45, 2.75) is 45.3 Å². The number of rotatable bonds is 7. The molecule has 6 nitrogen and oxygen atoms in total. The standard InChI is InChI=1S/C15H23N3O3/c1-11(2)21-14-7-3-6-13(15(14)18(19)20)17-10-8-12-5-4-9-16-12/h3,6-7,11-12,16-17H,4-5,8-10H2,1-2H3. The van der Waals surface area contributed by atoms with E-state index in [1.54, 1.807) is 18.2 Å². The van der Waals surface area contributed by atoms with Gasteiger partial charge in [0.2, 0.25) is 0 Å². The van der Waals surface area contributed by atoms with E-state index < -0.39 is 0 Å². The van der Waals surface area contributed by atoms with Crippen LogP contribution in [0.5, 0.6) is 5.75 Å². The third-order valence-electron chi connectivity index (χ3n) is 3.51. The minimum atomic E-state index is -0.381. The predicted molar refractivity (Wildman–Crippen MR) is 83.0 cm³/mol. The van der Waals surface area contributed by atoms with Gasteiger partial charge in [0.15, 0.2) is 5.75 Å². The van der Waals surface area contributed by atoms with E-state index in [0.29, 0.717) is 24.0 Å². The van der Waals surface area contributed by atoms with E-state index in [0.717, 1.165) is 13.0 Å². The Kier molecular flexibility index (Phi) is 5.38. The molecule has 1 atom stereocenters. The zero-order chi connectivity index (χ0) is 15.2. The van der Waals surface area contributed by atoms with Gasteiger partial charge in [-0.25, -0.2) is 0 Å². The second kappa shape index (κ2) is 7.26. The summed E-state index contributed by atoms with van der Waals surface area (Å²) >= 11 is 0. The van der Waals surface area contributed by atoms with Crippen molar-refractivity contribution in [3.05, 3.63) is 28.3 Å². The molecular formula is C15H23N3O3. The van der Waals surface area contributed by atoms with E-state index in [9.17, 15) is 10.1 Å². The van der Waals surface area contributed by atoms with E-state index in [1.165, 1.54) is 12.8 Å². The number of nitro groups is 1. The van der Waals surface area contributed by atoms with Crippen molar-refractivity contribution in [2.75, 3.05) is 18.4 Å². The van der Waals surface area contributed by atoms with Crippen LogP contribution in [0.25, 0.3) is 0 Å². The van der Waals surface area contributed by atoms with Crippen molar-refractivity contribution in [1.29, 1.82) is 0 Å². The van der Waals surface area contributed by atoms with Crippen molar-refractivity contribution in [2.24, 2.45) is 0 Å². The number of para-hydroxylation sites is 1. The van der Waals surface area contributed by atoms with E-state index in [1.807, 2.05) is 13.8 Å². The molecule has 1 saturated heterocycles. The molecule has 1 aromatic carbocycles. The Balaban J connectivity index is 2.04. The Morgan fingerprint density at radius 1 is 1.52 bits per heavy atom. The number of benzene rings is 1. The van der Waals surface area contributed by atoms with Gasteiger partial charge in [0.25, 0.3) is 0 Å². The highest BCUT2D eigenvalue weighted by Crippen LogP contribution is 2.35. The molecule has 2 rings (SSSR count). The number of nitrogens with one attached hydrogen (secondary N) is 2. The average molecular weight is 293 g/mol. The van der Waals surface area contributed by atoms with Gasteiger partial charge >= 0.3 is 5.69 Å². The normalized spacial score (nSPS) is 18.0. The molecule has 0 saturated carbocycles. The van der Waals surface area contributed by atoms with Crippen LogP contribution in [0, 0.1) is 10.1 Å². The van der Waals surface area contributed by atoms with Crippen LogP contribution < -0.4 is 15.4 Å². The topological polar surface area (TPSA) is 76.4 Å². The highest BCUT2D eigenvalue weighted by Gasteiger charge is 2.22. The Morgan fingerprint density at radius 2 is 2.33 bits per heavy atom. The highest BCUT2D eigenvalue weighted by molar-refractivity contribution is 5.68. The van der Waals surface area contributed by atoms with Gasteiger partial charge in [-0.2, -0.15) is 0 Å². The fourth-order valence-electron chi connectivity index (χ4n) is 2.59. The summed E-state index contributed by atoms with van der Waals surface area (Å²) in [5, 5.41) is 17.9. The van der Waals surface area contributed by atoms with Crippen molar-refractivity contribution < 1.29 is 9.66 Å². The molecule has 116 valence electrons. The van der Waals surface area contributed by atoms with Crippen LogP contribution in [0.2, 0.25) is 0 Å². The summed E-state index contributed by atoms with van der Waals surface area (Å²) < 4.78 is 5.53. The van der Waals surface area contributed by atoms with Crippen molar-refractivity contribution in [1.82, 2.24) is 5.32 Å². The Morgan fingerprint density at radius 3 is 2.95 bits per heavy atom. The maximum atomic E-state index is 11.3. The molecule has 1 heterocycles. The lowest BCUT2D eigenvalue weighted by atomic mass is 10.1. The maximum Gasteiger partial charge on any atom is 0.333 e. The van der Waals surface area contributed by atoms with Gasteiger partial charge in [0.1, 0.15) is 5.69 Å². The first-order valence-corrected chi connectivity index (χ1v) is 7.49. The van der Waals surface area contributed by atoms with Crippen LogP contribution in [-0.4, -0.2) is 30.2 Å². The zero-order valence-electron chi connectivity index (χ0n) is 12.6. The number of hydrogen-bond acceptors (Lipinski definition) is 5. The second-order valence-corrected chi connectivity index (χ2v) is 5.58. The van der Waals surface area contributed by atoms with Crippen molar-refractivity contribution in [3.63, 3.8) is 0 Å². The summed E-state index contributed by atoms with van der Waals surface area (Å²) in [7, 11) is 0. The second-order valence-electron chi connectivity index (χ2n) is 5.58. The first-order chi connectivity index (χ1) is 10.1. The number of nitro benzene ring substituents is 1. The first kappa shape index (κ1) is 15.6. The monoisotopic (exact) mass is 293 g/mol. The molecule has 0 bridgehead atoms. The number of anilines is 1. The maximum absolute atomic E-state index is 11.3. The van der Waals surface area contributed by atoms with E-state index in [2.05, 4.69) is 10.6 Å². The Labute approximate surface area is 125 Å². The first-order valence-electron chi connectivity index (χ1n) is 7.49. The van der Waals surface area contributed by atoms with Crippen LogP contribution in [0.15, 0.2) is 18.2 Å². The molecule has 0 aromatic heterocycles. The Hall–Kier alpha value is -1.82. The predicted octanol–water partition coefficient (Wildman–Crippen LogP) is 2.94. The number of hydrogen-bond donors (Lipinski definition) is 2. The SMILES string of the molecule is CC(C)Oc1cccc(NCCC2CCCN2)c1[N+](=O)[O-]. The molecule has 0 spiro atoms. The van der Waals surface area contributed by atoms with Crippen LogP contribution in [-0.2, 0) is 0 Å². The summed E-state index contributed by atoms with van der Waals surface area (Å²) in [5.74, 6) is 0.319. The van der Waals surface area contributed by atoms with Gasteiger partial charge < -0.3 is 15.4 Å². The van der Waals surface area contributed by atoms with Gasteiger partial charge in [-0.15, -0.1) is 0 Å². The van der Waals surface area contributed by atoms with Crippen molar-refractivity contribution in [3.8, 4) is 5.75 Å². The summed E-state index contributed by atoms with van der Waals surface area (Å²) in [5.41, 5.74) is 0.543. The van der Waals surface area contributed by atoms with Gasteiger partial charge in [0.05, 0.1) is 11.0 Å². The minimum Gasteiger partial charge on any atom is -0.484 e. The lowest BCUT2D eigenvalue weighted by Crippen LogP contribution is -2.24. The van der Waals surface area contributed by atoms with Gasteiger partial charge in [0, 0.05) is 12.6 Å². The zero-order valence-corrected chi connectivity index (χ0v) is 12.6. The molecule has 1 aromatic rings. The smallest absolute Gasteiger partial charge is 0.333 e. The van der Waals surface area contributed by atoms with E-state index >= 15 is 0 Å². The van der Waals surface area contributed by atoms with Gasteiger partial charge in [-0.1, -0.05) is 6.07 Å². The molecule has 0 aliphatic carbocycles. The Bertz CT molecular complexity index is 485. The largest absolute Gasteiger partial charge is 0.484 e. The molecule has 0 radical (unpaired) electrons. The van der Waals surface area contributed by atoms with Crippen molar-refractivity contribution >= 4 is 11.4 Å². The lowest BCUT2D eigenvalue weighted by Gasteiger charge is -2.14. The lowest BCUT2D eigenvalue weighted by molar-refractivity contribution is -0.385. The summed E-state index contributed by atoms with van der Waals surface area (Å²) in [4.78, 5) is 10.9. The highest BCUT2D eigenvalue weighted by atomic mass is 16.6. The third kappa shape index (κ3) is 4.32. The fraction of sp³-hybridized carbons (Fsp3) is 0.600. The third-order valence-corrected chi connectivity index (χ3v) is 3.51. The summed E-state index contributed by atoms with van der Waals surface area (Å²) in [6, 6.07) is 5.67. The molecule has 1 aliphatic rings. The fourth-order valence-corrected chi connectivity index (χ4v) is 2.59. The summed E-state index contributed by atoms with van der Waals surface area (Å²) in [6.45, 7) is 5.50. The molecule has 2 N–H and O–H groups in total. The van der Waals surface area contributed by atoms with Crippen LogP contribution in [0.1, 0.15) is 33.1 Å². The van der Waals surface area contributed by atoms with Gasteiger partial charge in [-0.05, 0) is 51.8 Å². The number of nitrogens with zero attached hydrogens (tertiary/aromatic N) is 1. The van der Waals surface area contributed by atoms with E-state index in [4.69, 9.17) is 4.74 Å². The molecule has 1 fully saturated rings. The molecule has 1 aliphatic heterocycles. The molecule has 6 heteroatoms. The van der Waals surface area contributed by atoms with Crippen LogP contribution in [0.3, 0.4) is 0 Å². The van der Waals surface area contributed by atoms with E-state index in [-0.39, 0.29) is 16.7 Å². The molecule has 0 amide bonds. The minimum absolute atomic E-state index is 0.0191. The molecule has 21 heavy (non-hydrogen) atoms. The summed E-state index contributed by atoms with van der Waals surface area (Å²) in [6.07, 6.45) is 3.26. The van der Waals surface area contributed by atoms with Crippen LogP contribution >= 0.6 is 0 Å².